The lowest BCUT2D eigenvalue weighted by Crippen LogP contribution is -2.44. The molecule has 0 aliphatic heterocycles. The monoisotopic (exact) mass is 438 g/mol. The third kappa shape index (κ3) is 5.22. The highest BCUT2D eigenvalue weighted by molar-refractivity contribution is 6.09. The van der Waals surface area contributed by atoms with Gasteiger partial charge in [0.25, 0.3) is 5.91 Å². The van der Waals surface area contributed by atoms with Crippen molar-refractivity contribution in [3.8, 4) is 5.75 Å². The molecule has 0 saturated heterocycles. The molecule has 4 aromatic rings. The van der Waals surface area contributed by atoms with E-state index < -0.39 is 11.9 Å². The van der Waals surface area contributed by atoms with Crippen LogP contribution in [0.2, 0.25) is 0 Å². The molecule has 164 valence electrons. The van der Waals surface area contributed by atoms with Crippen LogP contribution < -0.4 is 10.2 Å². The topological polar surface area (TPSA) is 95.4 Å². The first kappa shape index (κ1) is 21.7. The second-order valence-electron chi connectivity index (χ2n) is 7.30. The van der Waals surface area contributed by atoms with Crippen molar-refractivity contribution >= 4 is 17.5 Å². The summed E-state index contributed by atoms with van der Waals surface area (Å²) in [6.07, 6.45) is 4.28. The lowest BCUT2D eigenvalue weighted by atomic mass is 10.0. The molecule has 3 aromatic carbocycles. The van der Waals surface area contributed by atoms with Crippen LogP contribution >= 0.6 is 0 Å². The lowest BCUT2D eigenvalue weighted by Gasteiger charge is -2.31. The average molecular weight is 438 g/mol. The number of aromatic hydroxyl groups is 1. The number of phenols is 1. The SMILES string of the molecule is O=C(NCc1ccccc1)[C@@H](c1ccc(O)cc1)N(C(=O)c1cnccn1)c1ccccc1. The Balaban J connectivity index is 1.76. The number of aromatic nitrogens is 2. The molecule has 0 unspecified atom stereocenters. The fraction of sp³-hybridized carbons (Fsp3) is 0.0769. The molecule has 0 aliphatic carbocycles. The van der Waals surface area contributed by atoms with Gasteiger partial charge in [-0.1, -0.05) is 60.7 Å². The maximum absolute atomic E-state index is 13.6. The molecule has 0 aliphatic rings. The largest absolute Gasteiger partial charge is 0.508 e. The molecular weight excluding hydrogens is 416 g/mol. The Kier molecular flexibility index (Phi) is 6.70. The van der Waals surface area contributed by atoms with E-state index in [4.69, 9.17) is 0 Å². The summed E-state index contributed by atoms with van der Waals surface area (Å²) < 4.78 is 0. The molecule has 0 saturated carbocycles. The number of carbonyl (C=O) groups excluding carboxylic acids is 2. The van der Waals surface area contributed by atoms with Crippen LogP contribution in [0.3, 0.4) is 0 Å². The maximum atomic E-state index is 13.6. The molecule has 7 nitrogen and oxygen atoms in total. The highest BCUT2D eigenvalue weighted by Crippen LogP contribution is 2.30. The number of hydrogen-bond acceptors (Lipinski definition) is 5. The highest BCUT2D eigenvalue weighted by Gasteiger charge is 2.34. The fourth-order valence-electron chi connectivity index (χ4n) is 3.46. The smallest absolute Gasteiger partial charge is 0.279 e. The number of nitrogens with zero attached hydrogens (tertiary/aromatic N) is 3. The van der Waals surface area contributed by atoms with Gasteiger partial charge in [-0.3, -0.25) is 19.5 Å². The Morgan fingerprint density at radius 1 is 0.879 bits per heavy atom. The molecule has 2 amide bonds. The van der Waals surface area contributed by atoms with Crippen LogP contribution in [0.5, 0.6) is 5.75 Å². The molecule has 0 bridgehead atoms. The van der Waals surface area contributed by atoms with Crippen LogP contribution in [0.1, 0.15) is 27.7 Å². The third-order valence-electron chi connectivity index (χ3n) is 5.06. The Bertz CT molecular complexity index is 1200. The zero-order valence-corrected chi connectivity index (χ0v) is 17.7. The minimum absolute atomic E-state index is 0.0636. The van der Waals surface area contributed by atoms with E-state index in [2.05, 4.69) is 15.3 Å². The van der Waals surface area contributed by atoms with E-state index in [1.54, 1.807) is 36.4 Å². The van der Waals surface area contributed by atoms with Gasteiger partial charge in [-0.25, -0.2) is 4.98 Å². The molecule has 0 radical (unpaired) electrons. The van der Waals surface area contributed by atoms with E-state index >= 15 is 0 Å². The van der Waals surface area contributed by atoms with Crippen LogP contribution in [0.25, 0.3) is 0 Å². The molecule has 1 heterocycles. The van der Waals surface area contributed by atoms with Crippen molar-refractivity contribution < 1.29 is 14.7 Å². The summed E-state index contributed by atoms with van der Waals surface area (Å²) in [5.41, 5.74) is 2.11. The molecular formula is C26H22N4O3. The number of rotatable bonds is 7. The van der Waals surface area contributed by atoms with Crippen molar-refractivity contribution in [1.29, 1.82) is 0 Å². The first-order chi connectivity index (χ1) is 16.1. The van der Waals surface area contributed by atoms with Gasteiger partial charge in [0, 0.05) is 24.6 Å². The Hall–Kier alpha value is -4.52. The molecule has 0 spiro atoms. The van der Waals surface area contributed by atoms with Gasteiger partial charge in [-0.15, -0.1) is 0 Å². The maximum Gasteiger partial charge on any atom is 0.279 e. The van der Waals surface area contributed by atoms with Crippen LogP contribution in [-0.4, -0.2) is 26.9 Å². The summed E-state index contributed by atoms with van der Waals surface area (Å²) >= 11 is 0. The van der Waals surface area contributed by atoms with Crippen LogP contribution in [-0.2, 0) is 11.3 Å². The summed E-state index contributed by atoms with van der Waals surface area (Å²) in [7, 11) is 0. The van der Waals surface area contributed by atoms with Gasteiger partial charge in [0.2, 0.25) is 5.91 Å². The van der Waals surface area contributed by atoms with Gasteiger partial charge >= 0.3 is 0 Å². The van der Waals surface area contributed by atoms with Crippen molar-refractivity contribution in [1.82, 2.24) is 15.3 Å². The van der Waals surface area contributed by atoms with Crippen LogP contribution in [0, 0.1) is 0 Å². The minimum Gasteiger partial charge on any atom is -0.508 e. The van der Waals surface area contributed by atoms with Crippen molar-refractivity contribution in [2.75, 3.05) is 4.90 Å². The quantitative estimate of drug-likeness (QED) is 0.457. The van der Waals surface area contributed by atoms with E-state index in [0.717, 1.165) is 5.56 Å². The number of hydrogen-bond donors (Lipinski definition) is 2. The van der Waals surface area contributed by atoms with Crippen LogP contribution in [0.4, 0.5) is 5.69 Å². The molecule has 4 rings (SSSR count). The first-order valence-electron chi connectivity index (χ1n) is 10.4. The van der Waals surface area contributed by atoms with Gasteiger partial charge in [-0.05, 0) is 35.4 Å². The fourth-order valence-corrected chi connectivity index (χ4v) is 3.46. The standard InChI is InChI=1S/C26H22N4O3/c31-22-13-11-20(12-14-22)24(25(32)29-17-19-7-3-1-4-8-19)30(21-9-5-2-6-10-21)26(33)23-18-27-15-16-28-23/h1-16,18,24,31H,17H2,(H,29,32)/t24-/m1/s1. The highest BCUT2D eigenvalue weighted by atomic mass is 16.3. The molecule has 2 N–H and O–H groups in total. The van der Waals surface area contributed by atoms with Gasteiger partial charge in [0.05, 0.1) is 6.20 Å². The minimum atomic E-state index is -1.01. The third-order valence-corrected chi connectivity index (χ3v) is 5.06. The Morgan fingerprint density at radius 3 is 2.18 bits per heavy atom. The van der Waals surface area contributed by atoms with E-state index in [1.807, 2.05) is 36.4 Å². The summed E-state index contributed by atoms with van der Waals surface area (Å²) in [6.45, 7) is 0.302. The lowest BCUT2D eigenvalue weighted by molar-refractivity contribution is -0.122. The first-order valence-corrected chi connectivity index (χ1v) is 10.4. The summed E-state index contributed by atoms with van der Waals surface area (Å²) in [5, 5.41) is 12.7. The van der Waals surface area contributed by atoms with Crippen molar-refractivity contribution in [3.05, 3.63) is 120 Å². The number of anilines is 1. The van der Waals surface area contributed by atoms with Gasteiger partial charge in [0.1, 0.15) is 17.5 Å². The van der Waals surface area contributed by atoms with Crippen molar-refractivity contribution in [2.45, 2.75) is 12.6 Å². The van der Waals surface area contributed by atoms with E-state index in [0.29, 0.717) is 17.8 Å². The van der Waals surface area contributed by atoms with E-state index in [-0.39, 0.29) is 17.4 Å². The number of benzene rings is 3. The van der Waals surface area contributed by atoms with Gasteiger partial charge in [-0.2, -0.15) is 0 Å². The normalized spacial score (nSPS) is 11.4. The van der Waals surface area contributed by atoms with Crippen molar-refractivity contribution in [3.63, 3.8) is 0 Å². The zero-order chi connectivity index (χ0) is 23.0. The van der Waals surface area contributed by atoms with E-state index in [1.165, 1.54) is 35.6 Å². The van der Waals surface area contributed by atoms with E-state index in [9.17, 15) is 14.7 Å². The predicted octanol–water partition coefficient (Wildman–Crippen LogP) is 3.89. The molecule has 33 heavy (non-hydrogen) atoms. The predicted molar refractivity (Wildman–Crippen MR) is 124 cm³/mol. The Morgan fingerprint density at radius 2 is 1.55 bits per heavy atom. The molecule has 1 atom stereocenters. The Labute approximate surface area is 191 Å². The number of carbonyl (C=O) groups is 2. The second kappa shape index (κ2) is 10.2. The zero-order valence-electron chi connectivity index (χ0n) is 17.7. The number of phenolic OH excluding ortho intramolecular Hbond substituents is 1. The average Bonchev–Trinajstić information content (AvgIpc) is 2.88. The number of amides is 2. The number of para-hydroxylation sites is 1. The summed E-state index contributed by atoms with van der Waals surface area (Å²) in [6, 6.07) is 23.7. The van der Waals surface area contributed by atoms with Gasteiger partial charge in [0.15, 0.2) is 0 Å². The van der Waals surface area contributed by atoms with Crippen molar-refractivity contribution in [2.24, 2.45) is 0 Å². The van der Waals surface area contributed by atoms with Crippen LogP contribution in [0.15, 0.2) is 104 Å². The summed E-state index contributed by atoms with van der Waals surface area (Å²) in [4.78, 5) is 36.7. The number of nitrogens with one attached hydrogen (secondary N) is 1. The summed E-state index contributed by atoms with van der Waals surface area (Å²) in [5.74, 6) is -0.776. The molecule has 1 aromatic heterocycles. The van der Waals surface area contributed by atoms with Gasteiger partial charge < -0.3 is 10.4 Å². The molecule has 7 heteroatoms. The second-order valence-corrected chi connectivity index (χ2v) is 7.30. The molecule has 0 fully saturated rings.